The van der Waals surface area contributed by atoms with Gasteiger partial charge in [-0.3, -0.25) is 4.79 Å². The van der Waals surface area contributed by atoms with E-state index < -0.39 is 10.0 Å². The first kappa shape index (κ1) is 25.0. The van der Waals surface area contributed by atoms with Crippen molar-refractivity contribution in [3.63, 3.8) is 0 Å². The molecule has 3 N–H and O–H groups in total. The summed E-state index contributed by atoms with van der Waals surface area (Å²) in [5.74, 6) is 0.329. The largest absolute Gasteiger partial charge is 0.395 e. The Kier molecular flexibility index (Phi) is 7.24. The molecule has 2 fully saturated rings. The van der Waals surface area contributed by atoms with E-state index in [1.54, 1.807) is 19.2 Å². The van der Waals surface area contributed by atoms with E-state index in [0.29, 0.717) is 30.3 Å². The number of nitrogens with zero attached hydrogens (tertiary/aromatic N) is 1. The average molecular weight is 468 g/mol. The zero-order chi connectivity index (χ0) is 23.7. The van der Waals surface area contributed by atoms with Gasteiger partial charge in [-0.2, -0.15) is 4.31 Å². The number of carbonyl (C=O) groups excluding carboxylic acids is 1. The van der Waals surface area contributed by atoms with Crippen molar-refractivity contribution in [2.75, 3.05) is 45.8 Å². The molecule has 0 radical (unpaired) electrons. The number of amides is 1. The number of methoxy groups -OCH3 is 1. The Hall–Kier alpha value is -1.68. The number of sulfonamides is 1. The molecular formula is C23H37N3O5S. The molecule has 1 amide bonds. The number of fused-ring (bicyclic) bond motifs is 2. The third-order valence-electron chi connectivity index (χ3n) is 7.51. The molecule has 8 nitrogen and oxygen atoms in total. The number of nitrogens with one attached hydrogen (secondary N) is 2. The summed E-state index contributed by atoms with van der Waals surface area (Å²) in [6.07, 6.45) is 3.40. The lowest BCUT2D eigenvalue weighted by Gasteiger charge is -2.43. The Labute approximate surface area is 191 Å². The Morgan fingerprint density at radius 2 is 2.03 bits per heavy atom. The first-order chi connectivity index (χ1) is 15.0. The zero-order valence-corrected chi connectivity index (χ0v) is 20.6. The minimum Gasteiger partial charge on any atom is -0.395 e. The van der Waals surface area contributed by atoms with E-state index in [4.69, 9.17) is 4.74 Å². The van der Waals surface area contributed by atoms with E-state index >= 15 is 0 Å². The van der Waals surface area contributed by atoms with E-state index in [1.165, 1.54) is 19.5 Å². The molecule has 3 rings (SSSR count). The van der Waals surface area contributed by atoms with Crippen LogP contribution in [0.2, 0.25) is 0 Å². The third-order valence-corrected chi connectivity index (χ3v) is 9.41. The van der Waals surface area contributed by atoms with Gasteiger partial charge in [-0.25, -0.2) is 8.42 Å². The summed E-state index contributed by atoms with van der Waals surface area (Å²) in [5.41, 5.74) is 0.776. The molecule has 2 aliphatic carbocycles. The lowest BCUT2D eigenvalue weighted by molar-refractivity contribution is 0.0737. The lowest BCUT2D eigenvalue weighted by Crippen LogP contribution is -2.52. The molecule has 0 heterocycles. The van der Waals surface area contributed by atoms with Gasteiger partial charge in [-0.1, -0.05) is 20.8 Å². The van der Waals surface area contributed by atoms with Crippen molar-refractivity contribution >= 4 is 21.6 Å². The summed E-state index contributed by atoms with van der Waals surface area (Å²) in [4.78, 5) is 13.3. The fourth-order valence-electron chi connectivity index (χ4n) is 5.62. The van der Waals surface area contributed by atoms with Crippen molar-refractivity contribution in [3.8, 4) is 0 Å². The molecule has 2 aliphatic rings. The van der Waals surface area contributed by atoms with Crippen LogP contribution in [0, 0.1) is 16.7 Å². The molecule has 0 aliphatic heterocycles. The fraction of sp³-hybridized carbons (Fsp3) is 0.696. The molecule has 0 aromatic heterocycles. The van der Waals surface area contributed by atoms with Crippen LogP contribution >= 0.6 is 0 Å². The number of likely N-dealkylation sites (N-methyl/N-ethyl adjacent to an activating group) is 1. The molecule has 180 valence electrons. The summed E-state index contributed by atoms with van der Waals surface area (Å²) < 4.78 is 32.5. The Morgan fingerprint density at radius 1 is 1.31 bits per heavy atom. The quantitative estimate of drug-likeness (QED) is 0.456. The van der Waals surface area contributed by atoms with E-state index in [9.17, 15) is 18.3 Å². The van der Waals surface area contributed by atoms with Crippen molar-refractivity contribution < 1.29 is 23.1 Å². The maximum atomic E-state index is 13.3. The number of ether oxygens (including phenoxy) is 1. The monoisotopic (exact) mass is 467 g/mol. The van der Waals surface area contributed by atoms with Crippen LogP contribution in [0.25, 0.3) is 0 Å². The highest BCUT2D eigenvalue weighted by Crippen LogP contribution is 2.62. The second-order valence-corrected chi connectivity index (χ2v) is 12.0. The highest BCUT2D eigenvalue weighted by atomic mass is 32.2. The Bertz CT molecular complexity index is 944. The van der Waals surface area contributed by atoms with E-state index in [1.807, 2.05) is 0 Å². The lowest BCUT2D eigenvalue weighted by atomic mass is 9.68. The Balaban J connectivity index is 1.91. The predicted octanol–water partition coefficient (Wildman–Crippen LogP) is 2.30. The third kappa shape index (κ3) is 4.53. The number of aliphatic hydroxyl groups is 1. The van der Waals surface area contributed by atoms with Gasteiger partial charge in [-0.15, -0.1) is 0 Å². The molecule has 1 aromatic rings. The second-order valence-electron chi connectivity index (χ2n) is 10.0. The molecule has 2 saturated carbocycles. The Morgan fingerprint density at radius 3 is 2.62 bits per heavy atom. The highest BCUT2D eigenvalue weighted by Gasteiger charge is 2.59. The number of hydrogen-bond donors (Lipinski definition) is 3. The van der Waals surface area contributed by atoms with Crippen molar-refractivity contribution in [2.45, 2.75) is 51.0 Å². The predicted molar refractivity (Wildman–Crippen MR) is 124 cm³/mol. The van der Waals surface area contributed by atoms with Crippen molar-refractivity contribution in [2.24, 2.45) is 16.7 Å². The van der Waals surface area contributed by atoms with Gasteiger partial charge in [0.05, 0.1) is 18.9 Å². The topological polar surface area (TPSA) is 108 Å². The highest BCUT2D eigenvalue weighted by molar-refractivity contribution is 7.89. The standard InChI is InChI=1S/C23H37N3O5S/c1-22(2)17-8-9-23(3,15-17)21(22)25-20(28)16-6-7-18(24-10-13-31-5)19(14-16)32(29,30)26(4)11-12-27/h6-7,14,17,21,24,27H,8-13,15H2,1-5H3,(H,25,28)/t17-,21?,23-/m1/s1. The summed E-state index contributed by atoms with van der Waals surface area (Å²) in [7, 11) is -0.924. The molecule has 0 saturated heterocycles. The fourth-order valence-corrected chi connectivity index (χ4v) is 6.97. The number of aliphatic hydroxyl groups excluding tert-OH is 1. The molecule has 32 heavy (non-hydrogen) atoms. The summed E-state index contributed by atoms with van der Waals surface area (Å²) in [6, 6.07) is 4.74. The van der Waals surface area contributed by atoms with Gasteiger partial charge in [0.1, 0.15) is 4.90 Å². The normalized spacial score (nSPS) is 26.5. The summed E-state index contributed by atoms with van der Waals surface area (Å²) >= 11 is 0. The van der Waals surface area contributed by atoms with Crippen molar-refractivity contribution in [1.29, 1.82) is 0 Å². The van der Waals surface area contributed by atoms with Crippen LogP contribution in [0.1, 0.15) is 50.4 Å². The molecule has 9 heteroatoms. The van der Waals surface area contributed by atoms with Gasteiger partial charge in [0.2, 0.25) is 10.0 Å². The van der Waals surface area contributed by atoms with Crippen LogP contribution in [0.5, 0.6) is 0 Å². The van der Waals surface area contributed by atoms with Gasteiger partial charge < -0.3 is 20.5 Å². The van der Waals surface area contributed by atoms with Gasteiger partial charge in [0.15, 0.2) is 0 Å². The first-order valence-corrected chi connectivity index (χ1v) is 12.7. The van der Waals surface area contributed by atoms with Crippen LogP contribution < -0.4 is 10.6 Å². The molecule has 2 bridgehead atoms. The minimum absolute atomic E-state index is 0.000554. The molecule has 1 aromatic carbocycles. The van der Waals surface area contributed by atoms with Gasteiger partial charge >= 0.3 is 0 Å². The van der Waals surface area contributed by atoms with E-state index in [0.717, 1.165) is 17.1 Å². The minimum atomic E-state index is -3.91. The van der Waals surface area contributed by atoms with Crippen LogP contribution in [-0.4, -0.2) is 70.2 Å². The average Bonchev–Trinajstić information content (AvgIpc) is 3.22. The van der Waals surface area contributed by atoms with Crippen LogP contribution in [0.4, 0.5) is 5.69 Å². The van der Waals surface area contributed by atoms with Crippen molar-refractivity contribution in [3.05, 3.63) is 23.8 Å². The van der Waals surface area contributed by atoms with Crippen LogP contribution in [0.3, 0.4) is 0 Å². The second kappa shape index (κ2) is 9.29. The smallest absolute Gasteiger partial charge is 0.251 e. The van der Waals surface area contributed by atoms with Gasteiger partial charge in [0, 0.05) is 38.9 Å². The van der Waals surface area contributed by atoms with Crippen LogP contribution in [0.15, 0.2) is 23.1 Å². The van der Waals surface area contributed by atoms with Gasteiger partial charge in [0.25, 0.3) is 5.91 Å². The van der Waals surface area contributed by atoms with Crippen molar-refractivity contribution in [1.82, 2.24) is 9.62 Å². The van der Waals surface area contributed by atoms with E-state index in [-0.39, 0.29) is 40.8 Å². The SMILES string of the molecule is COCCNc1ccc(C(=O)NC2C(C)(C)[C@@H]3CC[C@]2(C)C3)cc1S(=O)(=O)N(C)CCO. The number of hydrogen-bond acceptors (Lipinski definition) is 6. The van der Waals surface area contributed by atoms with Crippen LogP contribution in [-0.2, 0) is 14.8 Å². The molecule has 1 unspecified atom stereocenters. The van der Waals surface area contributed by atoms with E-state index in [2.05, 4.69) is 31.4 Å². The molecule has 0 spiro atoms. The van der Waals surface area contributed by atoms with Gasteiger partial charge in [-0.05, 0) is 54.2 Å². The maximum absolute atomic E-state index is 13.3. The number of carbonyl (C=O) groups is 1. The number of anilines is 1. The summed E-state index contributed by atoms with van der Waals surface area (Å²) in [5, 5.41) is 15.5. The first-order valence-electron chi connectivity index (χ1n) is 11.2. The number of benzene rings is 1. The summed E-state index contributed by atoms with van der Waals surface area (Å²) in [6.45, 7) is 7.18. The number of rotatable bonds is 10. The molecule has 3 atom stereocenters. The molecular weight excluding hydrogens is 430 g/mol. The zero-order valence-electron chi connectivity index (χ0n) is 19.8. The maximum Gasteiger partial charge on any atom is 0.251 e.